The lowest BCUT2D eigenvalue weighted by Crippen LogP contribution is -2.14. The smallest absolute Gasteiger partial charge is 0.257 e. The number of para-hydroxylation sites is 2. The summed E-state index contributed by atoms with van der Waals surface area (Å²) in [6.45, 7) is 1.26. The molecule has 0 radical (unpaired) electrons. The van der Waals surface area contributed by atoms with Gasteiger partial charge in [-0.05, 0) is 24.3 Å². The average molecular weight is 301 g/mol. The lowest BCUT2D eigenvalue weighted by molar-refractivity contribution is 0.102. The van der Waals surface area contributed by atoms with Crippen molar-refractivity contribution in [1.29, 1.82) is 0 Å². The van der Waals surface area contributed by atoms with E-state index >= 15 is 0 Å². The molecule has 1 amide bonds. The fourth-order valence-electron chi connectivity index (χ4n) is 1.86. The van der Waals surface area contributed by atoms with E-state index in [4.69, 9.17) is 9.47 Å². The summed E-state index contributed by atoms with van der Waals surface area (Å²) in [5.74, 6) is 1.08. The van der Waals surface area contributed by atoms with E-state index in [0.717, 1.165) is 0 Å². The maximum Gasteiger partial charge on any atom is 0.257 e. The Morgan fingerprint density at radius 3 is 2.68 bits per heavy atom. The molecule has 1 aromatic heterocycles. The van der Waals surface area contributed by atoms with Gasteiger partial charge in [0.2, 0.25) is 0 Å². The van der Waals surface area contributed by atoms with Gasteiger partial charge in [0.15, 0.2) is 0 Å². The molecule has 1 heterocycles. The SMILES string of the molecule is COCCNc1ccc(C(=O)Nc2ccccc2OC)cn1. The number of benzene rings is 1. The van der Waals surface area contributed by atoms with Gasteiger partial charge < -0.3 is 20.1 Å². The molecule has 22 heavy (non-hydrogen) atoms. The molecule has 116 valence electrons. The number of pyridine rings is 1. The Labute approximate surface area is 129 Å². The Kier molecular flexibility index (Phi) is 5.73. The third kappa shape index (κ3) is 4.20. The molecule has 6 heteroatoms. The first-order chi connectivity index (χ1) is 10.7. The van der Waals surface area contributed by atoms with Crippen molar-refractivity contribution in [1.82, 2.24) is 4.98 Å². The van der Waals surface area contributed by atoms with Crippen LogP contribution in [-0.2, 0) is 4.74 Å². The molecule has 0 saturated heterocycles. The van der Waals surface area contributed by atoms with Crippen LogP contribution in [0.3, 0.4) is 0 Å². The summed E-state index contributed by atoms with van der Waals surface area (Å²) < 4.78 is 10.2. The zero-order valence-electron chi connectivity index (χ0n) is 12.6. The van der Waals surface area contributed by atoms with E-state index in [1.54, 1.807) is 38.5 Å². The van der Waals surface area contributed by atoms with Crippen LogP contribution >= 0.6 is 0 Å². The molecular formula is C16H19N3O3. The van der Waals surface area contributed by atoms with Crippen molar-refractivity contribution in [3.63, 3.8) is 0 Å². The molecule has 2 N–H and O–H groups in total. The highest BCUT2D eigenvalue weighted by molar-refractivity contribution is 6.04. The number of nitrogens with zero attached hydrogens (tertiary/aromatic N) is 1. The van der Waals surface area contributed by atoms with Crippen molar-refractivity contribution in [2.45, 2.75) is 0 Å². The summed E-state index contributed by atoms with van der Waals surface area (Å²) in [4.78, 5) is 16.4. The number of anilines is 2. The van der Waals surface area contributed by atoms with Gasteiger partial charge in [-0.15, -0.1) is 0 Å². The van der Waals surface area contributed by atoms with Gasteiger partial charge in [-0.1, -0.05) is 12.1 Å². The number of hydrogen-bond acceptors (Lipinski definition) is 5. The van der Waals surface area contributed by atoms with E-state index in [9.17, 15) is 4.79 Å². The maximum absolute atomic E-state index is 12.2. The Morgan fingerprint density at radius 1 is 1.18 bits per heavy atom. The largest absolute Gasteiger partial charge is 0.495 e. The molecule has 0 bridgehead atoms. The first kappa shape index (κ1) is 15.8. The number of carbonyl (C=O) groups is 1. The van der Waals surface area contributed by atoms with Crippen molar-refractivity contribution in [2.24, 2.45) is 0 Å². The van der Waals surface area contributed by atoms with Crippen LogP contribution in [0.15, 0.2) is 42.6 Å². The van der Waals surface area contributed by atoms with Crippen molar-refractivity contribution in [2.75, 3.05) is 38.0 Å². The Bertz CT molecular complexity index is 614. The van der Waals surface area contributed by atoms with Crippen molar-refractivity contribution < 1.29 is 14.3 Å². The van der Waals surface area contributed by atoms with Gasteiger partial charge in [0.25, 0.3) is 5.91 Å². The van der Waals surface area contributed by atoms with Crippen LogP contribution in [0.25, 0.3) is 0 Å². The number of carbonyl (C=O) groups excluding carboxylic acids is 1. The molecule has 0 aliphatic carbocycles. The highest BCUT2D eigenvalue weighted by atomic mass is 16.5. The van der Waals surface area contributed by atoms with E-state index in [1.165, 1.54) is 6.20 Å². The average Bonchev–Trinajstić information content (AvgIpc) is 2.56. The molecule has 0 atom stereocenters. The molecule has 0 spiro atoms. The molecule has 0 aliphatic heterocycles. The minimum absolute atomic E-state index is 0.236. The number of hydrogen-bond donors (Lipinski definition) is 2. The number of aromatic nitrogens is 1. The second-order valence-corrected chi connectivity index (χ2v) is 4.51. The number of amides is 1. The molecule has 0 unspecified atom stereocenters. The number of ether oxygens (including phenoxy) is 2. The second-order valence-electron chi connectivity index (χ2n) is 4.51. The summed E-state index contributed by atoms with van der Waals surface area (Å²) >= 11 is 0. The number of rotatable bonds is 7. The molecule has 2 aromatic rings. The van der Waals surface area contributed by atoms with Gasteiger partial charge >= 0.3 is 0 Å². The third-order valence-electron chi connectivity index (χ3n) is 2.99. The second kappa shape index (κ2) is 7.99. The Hall–Kier alpha value is -2.60. The van der Waals surface area contributed by atoms with Crippen LogP contribution < -0.4 is 15.4 Å². The maximum atomic E-state index is 12.2. The third-order valence-corrected chi connectivity index (χ3v) is 2.99. The lowest BCUT2D eigenvalue weighted by atomic mass is 10.2. The zero-order chi connectivity index (χ0) is 15.8. The molecule has 0 saturated carbocycles. The van der Waals surface area contributed by atoms with Crippen LogP contribution in [0.2, 0.25) is 0 Å². The highest BCUT2D eigenvalue weighted by Crippen LogP contribution is 2.23. The topological polar surface area (TPSA) is 72.5 Å². The standard InChI is InChI=1S/C16H19N3O3/c1-21-10-9-17-15-8-7-12(11-18-15)16(20)19-13-5-3-4-6-14(13)22-2/h3-8,11H,9-10H2,1-2H3,(H,17,18)(H,19,20). The highest BCUT2D eigenvalue weighted by Gasteiger charge is 2.09. The predicted octanol–water partition coefficient (Wildman–Crippen LogP) is 2.40. The van der Waals surface area contributed by atoms with Gasteiger partial charge in [-0.3, -0.25) is 4.79 Å². The van der Waals surface area contributed by atoms with Gasteiger partial charge in [0.05, 0.1) is 25.0 Å². The quantitative estimate of drug-likeness (QED) is 0.768. The predicted molar refractivity (Wildman–Crippen MR) is 85.5 cm³/mol. The van der Waals surface area contributed by atoms with Crippen LogP contribution in [0.5, 0.6) is 5.75 Å². The summed E-state index contributed by atoms with van der Waals surface area (Å²) in [5, 5.41) is 5.90. The minimum atomic E-state index is -0.236. The lowest BCUT2D eigenvalue weighted by Gasteiger charge is -2.10. The van der Waals surface area contributed by atoms with E-state index in [0.29, 0.717) is 36.0 Å². The summed E-state index contributed by atoms with van der Waals surface area (Å²) in [5.41, 5.74) is 1.10. The van der Waals surface area contributed by atoms with Gasteiger partial charge in [-0.25, -0.2) is 4.98 Å². The van der Waals surface area contributed by atoms with Crippen LogP contribution in [0.1, 0.15) is 10.4 Å². The fourth-order valence-corrected chi connectivity index (χ4v) is 1.86. The number of nitrogens with one attached hydrogen (secondary N) is 2. The molecule has 0 aliphatic rings. The van der Waals surface area contributed by atoms with Crippen LogP contribution in [0.4, 0.5) is 11.5 Å². The van der Waals surface area contributed by atoms with Crippen molar-refractivity contribution in [3.8, 4) is 5.75 Å². The first-order valence-electron chi connectivity index (χ1n) is 6.88. The van der Waals surface area contributed by atoms with E-state index in [-0.39, 0.29) is 5.91 Å². The molecule has 6 nitrogen and oxygen atoms in total. The summed E-state index contributed by atoms with van der Waals surface area (Å²) in [7, 11) is 3.20. The Morgan fingerprint density at radius 2 is 2.00 bits per heavy atom. The first-order valence-corrected chi connectivity index (χ1v) is 6.88. The van der Waals surface area contributed by atoms with Gasteiger partial charge in [0, 0.05) is 19.9 Å². The normalized spacial score (nSPS) is 10.1. The van der Waals surface area contributed by atoms with Gasteiger partial charge in [0.1, 0.15) is 11.6 Å². The van der Waals surface area contributed by atoms with E-state index in [1.807, 2.05) is 12.1 Å². The minimum Gasteiger partial charge on any atom is -0.495 e. The van der Waals surface area contributed by atoms with E-state index < -0.39 is 0 Å². The summed E-state index contributed by atoms with van der Waals surface area (Å²) in [6.07, 6.45) is 1.53. The van der Waals surface area contributed by atoms with Crippen LogP contribution in [0, 0.1) is 0 Å². The molecular weight excluding hydrogens is 282 g/mol. The Balaban J connectivity index is 2.00. The molecule has 1 aromatic carbocycles. The van der Waals surface area contributed by atoms with Crippen molar-refractivity contribution >= 4 is 17.4 Å². The zero-order valence-corrected chi connectivity index (χ0v) is 12.6. The summed E-state index contributed by atoms with van der Waals surface area (Å²) in [6, 6.07) is 10.7. The van der Waals surface area contributed by atoms with Crippen LogP contribution in [-0.4, -0.2) is 38.3 Å². The van der Waals surface area contributed by atoms with E-state index in [2.05, 4.69) is 15.6 Å². The fraction of sp³-hybridized carbons (Fsp3) is 0.250. The molecule has 2 rings (SSSR count). The van der Waals surface area contributed by atoms with Crippen molar-refractivity contribution in [3.05, 3.63) is 48.2 Å². The molecule has 0 fully saturated rings. The van der Waals surface area contributed by atoms with Gasteiger partial charge in [-0.2, -0.15) is 0 Å². The monoisotopic (exact) mass is 301 g/mol. The number of methoxy groups -OCH3 is 2.